The first-order valence-electron chi connectivity index (χ1n) is 6.19. The third-order valence-electron chi connectivity index (χ3n) is 2.95. The molecule has 2 aromatic heterocycles. The molecule has 2 aromatic rings. The van der Waals surface area contributed by atoms with Gasteiger partial charge >= 0.3 is 6.09 Å². The van der Waals surface area contributed by atoms with Crippen molar-refractivity contribution in [2.75, 3.05) is 5.32 Å². The summed E-state index contributed by atoms with van der Waals surface area (Å²) in [5.41, 5.74) is 1.59. The van der Waals surface area contributed by atoms with E-state index >= 15 is 0 Å². The number of carboxylic acid groups (broad SMARTS) is 1. The van der Waals surface area contributed by atoms with Crippen molar-refractivity contribution >= 4 is 22.6 Å². The largest absolute Gasteiger partial charge is 0.465 e. The fourth-order valence-corrected chi connectivity index (χ4v) is 2.73. The van der Waals surface area contributed by atoms with Crippen molar-refractivity contribution in [2.45, 2.75) is 26.2 Å². The van der Waals surface area contributed by atoms with E-state index in [-0.39, 0.29) is 0 Å². The Hall–Kier alpha value is -2.46. The number of pyridine rings is 1. The highest BCUT2D eigenvalue weighted by molar-refractivity contribution is 7.19. The van der Waals surface area contributed by atoms with Crippen molar-refractivity contribution in [1.82, 2.24) is 9.97 Å². The number of rotatable bonds is 3. The van der Waals surface area contributed by atoms with Crippen molar-refractivity contribution in [3.05, 3.63) is 29.7 Å². The molecule has 108 valence electrons. The highest BCUT2D eigenvalue weighted by Gasteiger charge is 2.22. The number of aromatic nitrogens is 2. The summed E-state index contributed by atoms with van der Waals surface area (Å²) in [6, 6.07) is 5.88. The molecular formula is C14H14N4O2S. The second kappa shape index (κ2) is 5.50. The molecule has 0 atom stereocenters. The van der Waals surface area contributed by atoms with Gasteiger partial charge in [-0.05, 0) is 38.5 Å². The zero-order valence-electron chi connectivity index (χ0n) is 11.8. The lowest BCUT2D eigenvalue weighted by molar-refractivity contribution is 0.209. The van der Waals surface area contributed by atoms with Crippen LogP contribution in [0.15, 0.2) is 18.3 Å². The van der Waals surface area contributed by atoms with Crippen LogP contribution in [0, 0.1) is 18.3 Å². The predicted octanol–water partition coefficient (Wildman–Crippen LogP) is 3.40. The molecule has 1 amide bonds. The van der Waals surface area contributed by atoms with E-state index in [9.17, 15) is 10.1 Å². The fraction of sp³-hybridized carbons (Fsp3) is 0.286. The number of nitrogens with one attached hydrogen (secondary N) is 1. The maximum Gasteiger partial charge on any atom is 0.410 e. The molecule has 0 radical (unpaired) electrons. The van der Waals surface area contributed by atoms with Gasteiger partial charge in [0.1, 0.15) is 0 Å². The minimum Gasteiger partial charge on any atom is -0.465 e. The topological polar surface area (TPSA) is 98.9 Å². The molecule has 0 fully saturated rings. The standard InChI is InChI=1S/C14H14N4O2S/c1-8-11(21-12(17-8)18-13(19)20)9-4-5-16-10(6-9)14(2,3)7-15/h4-6H,1-3H3,(H,17,18)(H,19,20). The van der Waals surface area contributed by atoms with Crippen LogP contribution in [0.2, 0.25) is 0 Å². The highest BCUT2D eigenvalue weighted by atomic mass is 32.1. The van der Waals surface area contributed by atoms with Gasteiger partial charge in [-0.15, -0.1) is 0 Å². The zero-order chi connectivity index (χ0) is 15.6. The van der Waals surface area contributed by atoms with Crippen LogP contribution in [0.5, 0.6) is 0 Å². The van der Waals surface area contributed by atoms with Crippen molar-refractivity contribution < 1.29 is 9.90 Å². The third kappa shape index (κ3) is 3.17. The first-order chi connectivity index (χ1) is 9.83. The number of thiazole rings is 1. The molecule has 6 nitrogen and oxygen atoms in total. The maximum atomic E-state index is 10.7. The van der Waals surface area contributed by atoms with Crippen LogP contribution < -0.4 is 5.32 Å². The highest BCUT2D eigenvalue weighted by Crippen LogP contribution is 2.34. The van der Waals surface area contributed by atoms with E-state index in [1.807, 2.05) is 19.1 Å². The molecule has 0 spiro atoms. The second-order valence-electron chi connectivity index (χ2n) is 5.03. The molecular weight excluding hydrogens is 288 g/mol. The maximum absolute atomic E-state index is 10.7. The van der Waals surface area contributed by atoms with Crippen LogP contribution in [-0.2, 0) is 5.41 Å². The summed E-state index contributed by atoms with van der Waals surface area (Å²) in [6.07, 6.45) is 0.504. The smallest absolute Gasteiger partial charge is 0.410 e. The Bertz CT molecular complexity index is 731. The number of nitriles is 1. The van der Waals surface area contributed by atoms with Crippen LogP contribution in [-0.4, -0.2) is 21.2 Å². The summed E-state index contributed by atoms with van der Waals surface area (Å²) in [4.78, 5) is 19.9. The van der Waals surface area contributed by atoms with Gasteiger partial charge in [0.05, 0.1) is 27.7 Å². The summed E-state index contributed by atoms with van der Waals surface area (Å²) in [6.45, 7) is 5.42. The molecule has 0 saturated heterocycles. The van der Waals surface area contributed by atoms with E-state index in [0.29, 0.717) is 10.8 Å². The lowest BCUT2D eigenvalue weighted by Crippen LogP contribution is -2.15. The second-order valence-corrected chi connectivity index (χ2v) is 6.03. The van der Waals surface area contributed by atoms with Gasteiger partial charge in [0.25, 0.3) is 0 Å². The lowest BCUT2D eigenvalue weighted by Gasteiger charge is -2.15. The van der Waals surface area contributed by atoms with Crippen LogP contribution in [0.4, 0.5) is 9.93 Å². The van der Waals surface area contributed by atoms with Crippen molar-refractivity contribution in [3.8, 4) is 16.5 Å². The monoisotopic (exact) mass is 302 g/mol. The Morgan fingerprint density at radius 2 is 2.24 bits per heavy atom. The number of hydrogen-bond acceptors (Lipinski definition) is 5. The Labute approximate surface area is 126 Å². The van der Waals surface area contributed by atoms with Gasteiger partial charge in [0.2, 0.25) is 0 Å². The van der Waals surface area contributed by atoms with Crippen LogP contribution in [0.25, 0.3) is 10.4 Å². The molecule has 2 rings (SSSR count). The molecule has 2 N–H and O–H groups in total. The molecule has 0 aromatic carbocycles. The molecule has 0 aliphatic rings. The first kappa shape index (κ1) is 14.9. The minimum atomic E-state index is -1.14. The first-order valence-corrected chi connectivity index (χ1v) is 7.00. The van der Waals surface area contributed by atoms with Gasteiger partial charge in [-0.3, -0.25) is 10.3 Å². The van der Waals surface area contributed by atoms with Crippen molar-refractivity contribution in [3.63, 3.8) is 0 Å². The minimum absolute atomic E-state index is 0.327. The lowest BCUT2D eigenvalue weighted by atomic mass is 9.90. The van der Waals surface area contributed by atoms with Gasteiger partial charge in [-0.1, -0.05) is 11.3 Å². The van der Waals surface area contributed by atoms with Gasteiger partial charge < -0.3 is 5.11 Å². The molecule has 0 unspecified atom stereocenters. The van der Waals surface area contributed by atoms with E-state index in [1.165, 1.54) is 11.3 Å². The van der Waals surface area contributed by atoms with Gasteiger partial charge in [0, 0.05) is 6.20 Å². The fourth-order valence-electron chi connectivity index (χ4n) is 1.78. The normalized spacial score (nSPS) is 11.0. The molecule has 21 heavy (non-hydrogen) atoms. The van der Waals surface area contributed by atoms with Gasteiger partial charge in [0.15, 0.2) is 5.13 Å². The van der Waals surface area contributed by atoms with E-state index < -0.39 is 11.5 Å². The van der Waals surface area contributed by atoms with Crippen LogP contribution >= 0.6 is 11.3 Å². The average molecular weight is 302 g/mol. The van der Waals surface area contributed by atoms with Gasteiger partial charge in [-0.2, -0.15) is 5.26 Å². The SMILES string of the molecule is Cc1nc(NC(=O)O)sc1-c1ccnc(C(C)(C)C#N)c1. The Balaban J connectivity index is 2.44. The quantitative estimate of drug-likeness (QED) is 0.905. The number of hydrogen-bond donors (Lipinski definition) is 2. The number of anilines is 1. The van der Waals surface area contributed by atoms with Gasteiger partial charge in [-0.25, -0.2) is 9.78 Å². The predicted molar refractivity (Wildman–Crippen MR) is 80.4 cm³/mol. The Morgan fingerprint density at radius 3 is 2.86 bits per heavy atom. The summed E-state index contributed by atoms with van der Waals surface area (Å²) in [5, 5.41) is 20.5. The number of carbonyl (C=O) groups is 1. The van der Waals surface area contributed by atoms with E-state index in [1.54, 1.807) is 20.0 Å². The van der Waals surface area contributed by atoms with Crippen molar-refractivity contribution in [2.24, 2.45) is 0 Å². The molecule has 0 aliphatic carbocycles. The summed E-state index contributed by atoms with van der Waals surface area (Å²) in [7, 11) is 0. The number of nitrogens with zero attached hydrogens (tertiary/aromatic N) is 3. The van der Waals surface area contributed by atoms with E-state index in [4.69, 9.17) is 5.11 Å². The summed E-state index contributed by atoms with van der Waals surface area (Å²) < 4.78 is 0. The molecule has 0 bridgehead atoms. The Kier molecular flexibility index (Phi) is 3.91. The van der Waals surface area contributed by atoms with E-state index in [0.717, 1.165) is 16.1 Å². The van der Waals surface area contributed by atoms with Crippen molar-refractivity contribution in [1.29, 1.82) is 5.26 Å². The molecule has 0 saturated carbocycles. The summed E-state index contributed by atoms with van der Waals surface area (Å²) >= 11 is 1.25. The van der Waals surface area contributed by atoms with Crippen LogP contribution in [0.1, 0.15) is 25.2 Å². The van der Waals surface area contributed by atoms with E-state index in [2.05, 4.69) is 21.4 Å². The third-order valence-corrected chi connectivity index (χ3v) is 4.07. The Morgan fingerprint density at radius 1 is 1.52 bits per heavy atom. The summed E-state index contributed by atoms with van der Waals surface area (Å²) in [5.74, 6) is 0. The average Bonchev–Trinajstić information content (AvgIpc) is 2.79. The molecule has 0 aliphatic heterocycles. The zero-order valence-corrected chi connectivity index (χ0v) is 12.7. The van der Waals surface area contributed by atoms with Crippen LogP contribution in [0.3, 0.4) is 0 Å². The molecule has 2 heterocycles. The number of aryl methyl sites for hydroxylation is 1. The molecule has 7 heteroatoms. The number of amides is 1.